The summed E-state index contributed by atoms with van der Waals surface area (Å²) in [7, 11) is 1.79. The summed E-state index contributed by atoms with van der Waals surface area (Å²) in [6.45, 7) is 8.36. The van der Waals surface area contributed by atoms with Gasteiger partial charge in [0.1, 0.15) is 0 Å². The van der Waals surface area contributed by atoms with Crippen molar-refractivity contribution in [3.8, 4) is 0 Å². The van der Waals surface area contributed by atoms with Gasteiger partial charge in [0.05, 0.1) is 17.7 Å². The van der Waals surface area contributed by atoms with Crippen molar-refractivity contribution in [3.05, 3.63) is 51.5 Å². The van der Waals surface area contributed by atoms with Crippen LogP contribution in [0.25, 0.3) is 0 Å². The average molecular weight is 361 g/mol. The Morgan fingerprint density at radius 2 is 2.08 bits per heavy atom. The molecular weight excluding hydrogens is 332 g/mol. The number of hydrogen-bond acceptors (Lipinski definition) is 4. The predicted octanol–water partition coefficient (Wildman–Crippen LogP) is 3.28. The lowest BCUT2D eigenvalue weighted by atomic mass is 10.1. The van der Waals surface area contributed by atoms with Crippen LogP contribution in [0.4, 0.5) is 0 Å². The van der Waals surface area contributed by atoms with E-state index in [0.717, 1.165) is 30.5 Å². The fraction of sp³-hybridized carbons (Fsp3) is 0.474. The van der Waals surface area contributed by atoms with Crippen LogP contribution in [0.1, 0.15) is 34.9 Å². The number of aliphatic imine (C=N–C) groups is 1. The third kappa shape index (κ3) is 7.23. The minimum absolute atomic E-state index is 0.242. The number of hydrogen-bond donors (Lipinski definition) is 2. The predicted molar refractivity (Wildman–Crippen MR) is 105 cm³/mol. The van der Waals surface area contributed by atoms with E-state index < -0.39 is 0 Å². The summed E-state index contributed by atoms with van der Waals surface area (Å²) in [6, 6.07) is 8.44. The summed E-state index contributed by atoms with van der Waals surface area (Å²) < 4.78 is 5.67. The number of nitrogens with zero attached hydrogens (tertiary/aromatic N) is 2. The van der Waals surface area contributed by atoms with Crippen LogP contribution in [0.5, 0.6) is 0 Å². The molecule has 2 aromatic rings. The van der Waals surface area contributed by atoms with Crippen LogP contribution in [0.15, 0.2) is 35.5 Å². The highest BCUT2D eigenvalue weighted by molar-refractivity contribution is 7.11. The molecule has 0 aliphatic heterocycles. The van der Waals surface area contributed by atoms with E-state index in [0.29, 0.717) is 6.61 Å². The number of guanidine groups is 1. The second-order valence-corrected chi connectivity index (χ2v) is 7.47. The zero-order valence-corrected chi connectivity index (χ0v) is 16.3. The number of ether oxygens (including phenoxy) is 1. The molecule has 0 bridgehead atoms. The minimum atomic E-state index is 0.242. The SMILES string of the molecule is CN=C(NCCc1ncc(C)s1)NCc1cccc(COC(C)C)c1. The first-order chi connectivity index (χ1) is 12.1. The molecule has 25 heavy (non-hydrogen) atoms. The van der Waals surface area contributed by atoms with Crippen LogP contribution >= 0.6 is 11.3 Å². The Kier molecular flexibility index (Phi) is 7.88. The zero-order chi connectivity index (χ0) is 18.1. The second kappa shape index (κ2) is 10.2. The van der Waals surface area contributed by atoms with E-state index in [-0.39, 0.29) is 6.10 Å². The fourth-order valence-electron chi connectivity index (χ4n) is 2.30. The van der Waals surface area contributed by atoms with Crippen molar-refractivity contribution in [2.24, 2.45) is 4.99 Å². The Labute approximate surface area is 154 Å². The van der Waals surface area contributed by atoms with Crippen LogP contribution < -0.4 is 10.6 Å². The number of thiazole rings is 1. The molecule has 0 amide bonds. The maximum atomic E-state index is 5.67. The Morgan fingerprint density at radius 3 is 2.76 bits per heavy atom. The maximum Gasteiger partial charge on any atom is 0.191 e. The van der Waals surface area contributed by atoms with E-state index in [2.05, 4.69) is 51.8 Å². The molecule has 1 heterocycles. The normalized spacial score (nSPS) is 11.8. The molecule has 0 radical (unpaired) electrons. The molecule has 1 aromatic heterocycles. The topological polar surface area (TPSA) is 58.5 Å². The molecular formula is C19H28N4OS. The van der Waals surface area contributed by atoms with Gasteiger partial charge in [-0.05, 0) is 31.9 Å². The van der Waals surface area contributed by atoms with Crippen LogP contribution in [-0.2, 0) is 24.3 Å². The molecule has 0 fully saturated rings. The highest BCUT2D eigenvalue weighted by Crippen LogP contribution is 2.11. The molecule has 6 heteroatoms. The van der Waals surface area contributed by atoms with Gasteiger partial charge in [-0.25, -0.2) is 4.98 Å². The number of benzene rings is 1. The lowest BCUT2D eigenvalue weighted by Gasteiger charge is -2.12. The molecule has 2 N–H and O–H groups in total. The Balaban J connectivity index is 1.77. The number of nitrogens with one attached hydrogen (secondary N) is 2. The van der Waals surface area contributed by atoms with Gasteiger partial charge >= 0.3 is 0 Å². The van der Waals surface area contributed by atoms with E-state index in [4.69, 9.17) is 4.74 Å². The zero-order valence-electron chi connectivity index (χ0n) is 15.5. The Morgan fingerprint density at radius 1 is 1.28 bits per heavy atom. The van der Waals surface area contributed by atoms with E-state index in [1.165, 1.54) is 16.0 Å². The first-order valence-corrected chi connectivity index (χ1v) is 9.43. The summed E-state index contributed by atoms with van der Waals surface area (Å²) >= 11 is 1.74. The summed E-state index contributed by atoms with van der Waals surface area (Å²) in [5.74, 6) is 0.803. The van der Waals surface area contributed by atoms with E-state index in [9.17, 15) is 0 Å². The van der Waals surface area contributed by atoms with Gasteiger partial charge in [0.15, 0.2) is 5.96 Å². The van der Waals surface area contributed by atoms with Crippen LogP contribution in [-0.4, -0.2) is 30.6 Å². The van der Waals surface area contributed by atoms with Crippen LogP contribution in [0.3, 0.4) is 0 Å². The molecule has 0 atom stereocenters. The first kappa shape index (κ1) is 19.4. The summed E-state index contributed by atoms with van der Waals surface area (Å²) in [5.41, 5.74) is 2.40. The van der Waals surface area contributed by atoms with Gasteiger partial charge < -0.3 is 15.4 Å². The molecule has 1 aromatic carbocycles. The highest BCUT2D eigenvalue weighted by Gasteiger charge is 2.02. The third-order valence-corrected chi connectivity index (χ3v) is 4.53. The lowest BCUT2D eigenvalue weighted by Crippen LogP contribution is -2.37. The van der Waals surface area contributed by atoms with Crippen LogP contribution in [0, 0.1) is 6.92 Å². The lowest BCUT2D eigenvalue weighted by molar-refractivity contribution is 0.0657. The largest absolute Gasteiger partial charge is 0.374 e. The van der Waals surface area contributed by atoms with Gasteiger partial charge in [-0.3, -0.25) is 4.99 Å². The van der Waals surface area contributed by atoms with E-state index in [1.807, 2.05) is 20.0 Å². The minimum Gasteiger partial charge on any atom is -0.374 e. The fourth-order valence-corrected chi connectivity index (χ4v) is 3.09. The van der Waals surface area contributed by atoms with E-state index in [1.54, 1.807) is 18.4 Å². The van der Waals surface area contributed by atoms with Crippen molar-refractivity contribution < 1.29 is 4.74 Å². The quantitative estimate of drug-likeness (QED) is 0.560. The van der Waals surface area contributed by atoms with Gasteiger partial charge in [0, 0.05) is 37.6 Å². The molecule has 0 saturated heterocycles. The molecule has 0 saturated carbocycles. The van der Waals surface area contributed by atoms with Gasteiger partial charge in [0.2, 0.25) is 0 Å². The maximum absolute atomic E-state index is 5.67. The van der Waals surface area contributed by atoms with Crippen molar-refractivity contribution in [3.63, 3.8) is 0 Å². The molecule has 0 aliphatic rings. The molecule has 136 valence electrons. The van der Waals surface area contributed by atoms with Crippen molar-refractivity contribution in [2.75, 3.05) is 13.6 Å². The summed E-state index contributed by atoms with van der Waals surface area (Å²) in [4.78, 5) is 9.90. The number of aryl methyl sites for hydroxylation is 1. The van der Waals surface area contributed by atoms with Gasteiger partial charge in [-0.1, -0.05) is 24.3 Å². The van der Waals surface area contributed by atoms with Crippen molar-refractivity contribution in [1.29, 1.82) is 0 Å². The van der Waals surface area contributed by atoms with Crippen molar-refractivity contribution in [2.45, 2.75) is 46.4 Å². The number of rotatable bonds is 8. The molecule has 2 rings (SSSR count). The van der Waals surface area contributed by atoms with Crippen LogP contribution in [0.2, 0.25) is 0 Å². The molecule has 5 nitrogen and oxygen atoms in total. The van der Waals surface area contributed by atoms with Gasteiger partial charge in [-0.15, -0.1) is 11.3 Å². The summed E-state index contributed by atoms with van der Waals surface area (Å²) in [6.07, 6.45) is 3.07. The monoisotopic (exact) mass is 360 g/mol. The van der Waals surface area contributed by atoms with Gasteiger partial charge in [-0.2, -0.15) is 0 Å². The second-order valence-electron chi connectivity index (χ2n) is 6.15. The van der Waals surface area contributed by atoms with Crippen molar-refractivity contribution >= 4 is 17.3 Å². The molecule has 0 aliphatic carbocycles. The Hall–Kier alpha value is -1.92. The first-order valence-electron chi connectivity index (χ1n) is 8.62. The average Bonchev–Trinajstić information content (AvgIpc) is 3.01. The van der Waals surface area contributed by atoms with Crippen molar-refractivity contribution in [1.82, 2.24) is 15.6 Å². The highest BCUT2D eigenvalue weighted by atomic mass is 32.1. The smallest absolute Gasteiger partial charge is 0.191 e. The standard InChI is InChI=1S/C19H28N4OS/c1-14(2)24-13-17-7-5-6-16(10-17)12-23-19(20-4)21-9-8-18-22-11-15(3)25-18/h5-7,10-11,14H,8-9,12-13H2,1-4H3,(H2,20,21,23). The Bertz CT molecular complexity index is 682. The molecule has 0 spiro atoms. The number of aromatic nitrogens is 1. The summed E-state index contributed by atoms with van der Waals surface area (Å²) in [5, 5.41) is 7.83. The van der Waals surface area contributed by atoms with E-state index >= 15 is 0 Å². The molecule has 0 unspecified atom stereocenters. The third-order valence-electron chi connectivity index (χ3n) is 3.56. The van der Waals surface area contributed by atoms with Gasteiger partial charge in [0.25, 0.3) is 0 Å².